The molecule has 19 heavy (non-hydrogen) atoms. The molecule has 0 spiro atoms. The van der Waals surface area contributed by atoms with Crippen molar-refractivity contribution in [1.82, 2.24) is 10.2 Å². The van der Waals surface area contributed by atoms with Crippen molar-refractivity contribution < 1.29 is 9.18 Å². The van der Waals surface area contributed by atoms with Crippen molar-refractivity contribution in [3.63, 3.8) is 0 Å². The van der Waals surface area contributed by atoms with Crippen molar-refractivity contribution in [2.24, 2.45) is 0 Å². The van der Waals surface area contributed by atoms with Crippen LogP contribution in [0.2, 0.25) is 0 Å². The minimum Gasteiger partial charge on any atom is -0.328 e. The summed E-state index contributed by atoms with van der Waals surface area (Å²) in [6.07, 6.45) is 5.18. The first kappa shape index (κ1) is 12.5. The summed E-state index contributed by atoms with van der Waals surface area (Å²) < 4.78 is 13.0. The van der Waals surface area contributed by atoms with Gasteiger partial charge in [-0.3, -0.25) is 0 Å². The van der Waals surface area contributed by atoms with Gasteiger partial charge in [0.25, 0.3) is 0 Å². The van der Waals surface area contributed by atoms with Crippen molar-refractivity contribution in [2.45, 2.75) is 37.6 Å². The highest BCUT2D eigenvalue weighted by atomic mass is 19.1. The number of rotatable bonds is 2. The zero-order chi connectivity index (χ0) is 13.3. The molecule has 3 rings (SSSR count). The van der Waals surface area contributed by atoms with E-state index < -0.39 is 0 Å². The van der Waals surface area contributed by atoms with Gasteiger partial charge in [0.15, 0.2) is 0 Å². The Morgan fingerprint density at radius 1 is 1.11 bits per heavy atom. The van der Waals surface area contributed by atoms with E-state index in [-0.39, 0.29) is 17.4 Å². The lowest BCUT2D eigenvalue weighted by Crippen LogP contribution is -2.54. The van der Waals surface area contributed by atoms with E-state index in [9.17, 15) is 9.18 Å². The molecule has 2 amide bonds. The number of carbonyl (C=O) groups excluding carboxylic acids is 1. The minimum absolute atomic E-state index is 0.0292. The summed E-state index contributed by atoms with van der Waals surface area (Å²) in [6, 6.07) is 6.55. The third-order valence-electron chi connectivity index (χ3n) is 4.34. The molecule has 1 heterocycles. The standard InChI is InChI=1S/C15H19FN2O/c16-13-6-4-12(5-7-13)15(8-3-9-15)17-14(19)18-10-1-2-11-18/h4-7H,1-3,8-11H2,(H,17,19). The number of amides is 2. The Hall–Kier alpha value is -1.58. The van der Waals surface area contributed by atoms with Crippen LogP contribution in [0.4, 0.5) is 9.18 Å². The van der Waals surface area contributed by atoms with Crippen LogP contribution in [0.25, 0.3) is 0 Å². The van der Waals surface area contributed by atoms with Gasteiger partial charge in [-0.15, -0.1) is 0 Å². The number of hydrogen-bond donors (Lipinski definition) is 1. The Labute approximate surface area is 112 Å². The van der Waals surface area contributed by atoms with Crippen LogP contribution < -0.4 is 5.32 Å². The molecule has 102 valence electrons. The Kier molecular flexibility index (Phi) is 3.17. The molecule has 1 N–H and O–H groups in total. The van der Waals surface area contributed by atoms with E-state index >= 15 is 0 Å². The first-order valence-electron chi connectivity index (χ1n) is 7.03. The molecule has 0 atom stereocenters. The summed E-state index contributed by atoms with van der Waals surface area (Å²) in [6.45, 7) is 1.71. The summed E-state index contributed by atoms with van der Waals surface area (Å²) >= 11 is 0. The molecule has 2 fully saturated rings. The largest absolute Gasteiger partial charge is 0.328 e. The summed E-state index contributed by atoms with van der Waals surface area (Å²) in [7, 11) is 0. The molecule has 0 radical (unpaired) electrons. The summed E-state index contributed by atoms with van der Waals surface area (Å²) in [4.78, 5) is 14.1. The molecule has 2 aliphatic rings. The number of carbonyl (C=O) groups is 1. The molecule has 1 saturated heterocycles. The topological polar surface area (TPSA) is 32.3 Å². The molecule has 1 aliphatic heterocycles. The van der Waals surface area contributed by atoms with Crippen LogP contribution in [-0.4, -0.2) is 24.0 Å². The molecule has 0 bridgehead atoms. The number of halogens is 1. The van der Waals surface area contributed by atoms with Gasteiger partial charge in [0.2, 0.25) is 0 Å². The van der Waals surface area contributed by atoms with E-state index in [4.69, 9.17) is 0 Å². The van der Waals surface area contributed by atoms with E-state index in [2.05, 4.69) is 5.32 Å². The first-order chi connectivity index (χ1) is 9.20. The smallest absolute Gasteiger partial charge is 0.318 e. The maximum absolute atomic E-state index is 13.0. The zero-order valence-electron chi connectivity index (χ0n) is 11.0. The van der Waals surface area contributed by atoms with Crippen molar-refractivity contribution in [2.75, 3.05) is 13.1 Å². The van der Waals surface area contributed by atoms with Gasteiger partial charge in [0.1, 0.15) is 5.82 Å². The Morgan fingerprint density at radius 2 is 1.74 bits per heavy atom. The quantitative estimate of drug-likeness (QED) is 0.873. The van der Waals surface area contributed by atoms with Crippen LogP contribution in [0.1, 0.15) is 37.7 Å². The number of urea groups is 1. The van der Waals surface area contributed by atoms with Crippen molar-refractivity contribution in [3.05, 3.63) is 35.6 Å². The molecule has 1 aromatic carbocycles. The van der Waals surface area contributed by atoms with E-state index in [0.29, 0.717) is 0 Å². The fourth-order valence-electron chi connectivity index (χ4n) is 2.99. The van der Waals surface area contributed by atoms with Crippen LogP contribution in [-0.2, 0) is 5.54 Å². The van der Waals surface area contributed by atoms with Gasteiger partial charge in [0.05, 0.1) is 5.54 Å². The Bertz CT molecular complexity index is 462. The van der Waals surface area contributed by atoms with Gasteiger partial charge >= 0.3 is 6.03 Å². The summed E-state index contributed by atoms with van der Waals surface area (Å²) in [5, 5.41) is 3.17. The molecule has 3 nitrogen and oxygen atoms in total. The lowest BCUT2D eigenvalue weighted by Gasteiger charge is -2.43. The predicted molar refractivity (Wildman–Crippen MR) is 71.3 cm³/mol. The monoisotopic (exact) mass is 262 g/mol. The van der Waals surface area contributed by atoms with E-state index in [1.807, 2.05) is 4.90 Å². The normalized spacial score (nSPS) is 21.0. The highest BCUT2D eigenvalue weighted by Crippen LogP contribution is 2.41. The number of hydrogen-bond acceptors (Lipinski definition) is 1. The summed E-state index contributed by atoms with van der Waals surface area (Å²) in [5.41, 5.74) is 0.751. The summed E-state index contributed by atoms with van der Waals surface area (Å²) in [5.74, 6) is -0.232. The zero-order valence-corrected chi connectivity index (χ0v) is 11.0. The second kappa shape index (κ2) is 4.83. The second-order valence-corrected chi connectivity index (χ2v) is 5.57. The highest BCUT2D eigenvalue weighted by Gasteiger charge is 2.41. The van der Waals surface area contributed by atoms with E-state index in [0.717, 1.165) is 50.8 Å². The highest BCUT2D eigenvalue weighted by molar-refractivity contribution is 5.75. The molecule has 1 aromatic rings. The average Bonchev–Trinajstić information content (AvgIpc) is 2.89. The molecule has 0 aromatic heterocycles. The van der Waals surface area contributed by atoms with Crippen molar-refractivity contribution >= 4 is 6.03 Å². The van der Waals surface area contributed by atoms with Gasteiger partial charge in [-0.1, -0.05) is 12.1 Å². The van der Waals surface area contributed by atoms with Crippen LogP contribution in [0, 0.1) is 5.82 Å². The Balaban J connectivity index is 1.75. The number of nitrogens with one attached hydrogen (secondary N) is 1. The molecular formula is C15H19FN2O. The van der Waals surface area contributed by atoms with Crippen LogP contribution >= 0.6 is 0 Å². The maximum atomic E-state index is 13.0. The van der Waals surface area contributed by atoms with Gasteiger partial charge < -0.3 is 10.2 Å². The lowest BCUT2D eigenvalue weighted by molar-refractivity contribution is 0.156. The van der Waals surface area contributed by atoms with Crippen LogP contribution in [0.3, 0.4) is 0 Å². The average molecular weight is 262 g/mol. The SMILES string of the molecule is O=C(NC1(c2ccc(F)cc2)CCC1)N1CCCC1. The Morgan fingerprint density at radius 3 is 2.26 bits per heavy atom. The molecule has 1 aliphatic carbocycles. The molecule has 1 saturated carbocycles. The van der Waals surface area contributed by atoms with Crippen LogP contribution in [0.5, 0.6) is 0 Å². The van der Waals surface area contributed by atoms with Crippen molar-refractivity contribution in [3.8, 4) is 0 Å². The van der Waals surface area contributed by atoms with Gasteiger partial charge in [-0.2, -0.15) is 0 Å². The maximum Gasteiger partial charge on any atom is 0.318 e. The minimum atomic E-state index is -0.270. The fraction of sp³-hybridized carbons (Fsp3) is 0.533. The van der Waals surface area contributed by atoms with Crippen LogP contribution in [0.15, 0.2) is 24.3 Å². The third kappa shape index (κ3) is 2.31. The third-order valence-corrected chi connectivity index (χ3v) is 4.34. The number of nitrogens with zero attached hydrogens (tertiary/aromatic N) is 1. The van der Waals surface area contributed by atoms with Gasteiger partial charge in [-0.05, 0) is 49.8 Å². The first-order valence-corrected chi connectivity index (χ1v) is 7.03. The molecular weight excluding hydrogens is 243 g/mol. The molecule has 0 unspecified atom stereocenters. The molecule has 4 heteroatoms. The van der Waals surface area contributed by atoms with E-state index in [1.165, 1.54) is 12.1 Å². The number of benzene rings is 1. The van der Waals surface area contributed by atoms with E-state index in [1.54, 1.807) is 12.1 Å². The number of likely N-dealkylation sites (tertiary alicyclic amines) is 1. The lowest BCUT2D eigenvalue weighted by atomic mass is 9.72. The fourth-order valence-corrected chi connectivity index (χ4v) is 2.99. The second-order valence-electron chi connectivity index (χ2n) is 5.57. The van der Waals surface area contributed by atoms with Gasteiger partial charge in [0, 0.05) is 13.1 Å². The van der Waals surface area contributed by atoms with Gasteiger partial charge in [-0.25, -0.2) is 9.18 Å². The van der Waals surface area contributed by atoms with Crippen molar-refractivity contribution in [1.29, 1.82) is 0 Å². The predicted octanol–water partition coefficient (Wildman–Crippen LogP) is 3.01.